The Hall–Kier alpha value is -2.92. The summed E-state index contributed by atoms with van der Waals surface area (Å²) in [7, 11) is 0. The van der Waals surface area contributed by atoms with Gasteiger partial charge in [-0.05, 0) is 74.8 Å². The number of nitrogen functional groups attached to an aromatic ring is 1. The molecule has 0 aromatic heterocycles. The maximum absolute atomic E-state index is 15.2. The van der Waals surface area contributed by atoms with Crippen LogP contribution >= 0.6 is 0 Å². The molecule has 188 valence electrons. The van der Waals surface area contributed by atoms with Crippen molar-refractivity contribution in [3.05, 3.63) is 72.1 Å². The Morgan fingerprint density at radius 1 is 1.20 bits per heavy atom. The minimum atomic E-state index is -1.14. The molecule has 0 radical (unpaired) electrons. The third-order valence-corrected chi connectivity index (χ3v) is 7.06. The van der Waals surface area contributed by atoms with Gasteiger partial charge in [0.15, 0.2) is 0 Å². The minimum absolute atomic E-state index is 0.0252. The summed E-state index contributed by atoms with van der Waals surface area (Å²) in [5.74, 6) is 1.31. The van der Waals surface area contributed by atoms with E-state index in [2.05, 4.69) is 44.7 Å². The number of alkyl halides is 1. The molecule has 0 amide bonds. The summed E-state index contributed by atoms with van der Waals surface area (Å²) in [6, 6.07) is 13.9. The summed E-state index contributed by atoms with van der Waals surface area (Å²) < 4.78 is 21.5. The zero-order valence-electron chi connectivity index (χ0n) is 21.6. The van der Waals surface area contributed by atoms with Gasteiger partial charge in [-0.2, -0.15) is 0 Å². The summed E-state index contributed by atoms with van der Waals surface area (Å²) >= 11 is 0. The van der Waals surface area contributed by atoms with Crippen LogP contribution in [0.25, 0.3) is 11.1 Å². The summed E-state index contributed by atoms with van der Waals surface area (Å²) in [6.45, 7) is 12.9. The maximum Gasteiger partial charge on any atom is 0.137 e. The van der Waals surface area contributed by atoms with E-state index in [1.165, 1.54) is 5.56 Å². The number of nitrogens with zero attached hydrogens (tertiary/aromatic N) is 1. The lowest BCUT2D eigenvalue weighted by molar-refractivity contribution is 0.159. The largest absolute Gasteiger partial charge is 0.457 e. The van der Waals surface area contributed by atoms with Crippen LogP contribution in [0.4, 0.5) is 10.1 Å². The van der Waals surface area contributed by atoms with Crippen molar-refractivity contribution < 1.29 is 9.13 Å². The lowest BCUT2D eigenvalue weighted by Gasteiger charge is -2.19. The standard InChI is InChI=1S/C30H40FN3O/c1-6-21(4)34-28(27-19-30(31,7-2)18-20(27)3)16-22(5)35-29-17-25(33)12-13-26(29)24-10-8-23(9-11-24)14-15-32/h8-13,16-17,20,27H,5-7,14-15,18-19,32-33H2,1-4H3/b28-16-,34-21-. The van der Waals surface area contributed by atoms with Gasteiger partial charge in [0.25, 0.3) is 0 Å². The third-order valence-electron chi connectivity index (χ3n) is 7.06. The molecule has 4 nitrogen and oxygen atoms in total. The maximum atomic E-state index is 15.2. The van der Waals surface area contributed by atoms with E-state index in [-0.39, 0.29) is 11.8 Å². The van der Waals surface area contributed by atoms with E-state index >= 15 is 4.39 Å². The van der Waals surface area contributed by atoms with Crippen LogP contribution in [0.2, 0.25) is 0 Å². The highest BCUT2D eigenvalue weighted by Crippen LogP contribution is 2.47. The molecule has 2 aromatic rings. The molecule has 5 heteroatoms. The molecule has 0 spiro atoms. The van der Waals surface area contributed by atoms with Crippen molar-refractivity contribution in [3.63, 3.8) is 0 Å². The summed E-state index contributed by atoms with van der Waals surface area (Å²) in [4.78, 5) is 4.87. The van der Waals surface area contributed by atoms with Crippen molar-refractivity contribution in [1.82, 2.24) is 0 Å². The smallest absolute Gasteiger partial charge is 0.137 e. The van der Waals surface area contributed by atoms with Crippen molar-refractivity contribution in [2.45, 2.75) is 65.5 Å². The van der Waals surface area contributed by atoms with E-state index in [0.717, 1.165) is 35.4 Å². The molecular weight excluding hydrogens is 437 g/mol. The van der Waals surface area contributed by atoms with Gasteiger partial charge in [0, 0.05) is 40.7 Å². The fraction of sp³-hybridized carbons (Fsp3) is 0.433. The van der Waals surface area contributed by atoms with E-state index in [4.69, 9.17) is 21.2 Å². The highest BCUT2D eigenvalue weighted by molar-refractivity contribution is 5.82. The minimum Gasteiger partial charge on any atom is -0.457 e. The van der Waals surface area contributed by atoms with Crippen molar-refractivity contribution in [3.8, 4) is 16.9 Å². The van der Waals surface area contributed by atoms with E-state index in [9.17, 15) is 0 Å². The molecule has 1 fully saturated rings. The number of halogens is 1. The number of anilines is 1. The van der Waals surface area contributed by atoms with Crippen molar-refractivity contribution in [2.24, 2.45) is 22.6 Å². The molecule has 3 atom stereocenters. The Morgan fingerprint density at radius 2 is 1.91 bits per heavy atom. The van der Waals surface area contributed by atoms with E-state index in [1.54, 1.807) is 0 Å². The third kappa shape index (κ3) is 6.82. The summed E-state index contributed by atoms with van der Waals surface area (Å²) in [5.41, 5.74) is 16.2. The van der Waals surface area contributed by atoms with Crippen molar-refractivity contribution in [2.75, 3.05) is 12.3 Å². The number of aliphatic imine (C=N–C) groups is 1. The Kier molecular flexibility index (Phi) is 8.90. The lowest BCUT2D eigenvalue weighted by atomic mass is 9.93. The fourth-order valence-corrected chi connectivity index (χ4v) is 4.82. The van der Waals surface area contributed by atoms with Gasteiger partial charge in [-0.15, -0.1) is 0 Å². The van der Waals surface area contributed by atoms with Crippen LogP contribution in [0, 0.1) is 11.8 Å². The average molecular weight is 478 g/mol. The Morgan fingerprint density at radius 3 is 2.51 bits per heavy atom. The predicted molar refractivity (Wildman–Crippen MR) is 146 cm³/mol. The van der Waals surface area contributed by atoms with Gasteiger partial charge in [0.1, 0.15) is 17.2 Å². The van der Waals surface area contributed by atoms with Crippen LogP contribution in [0.3, 0.4) is 0 Å². The van der Waals surface area contributed by atoms with Gasteiger partial charge in [-0.1, -0.05) is 51.6 Å². The molecule has 1 aliphatic carbocycles. The second kappa shape index (κ2) is 11.7. The Balaban J connectivity index is 1.92. The first-order valence-electron chi connectivity index (χ1n) is 12.7. The Bertz CT molecular complexity index is 1090. The van der Waals surface area contributed by atoms with Crippen LogP contribution in [0.15, 0.2) is 71.6 Å². The second-order valence-electron chi connectivity index (χ2n) is 9.83. The molecule has 0 heterocycles. The molecule has 3 unspecified atom stereocenters. The molecule has 35 heavy (non-hydrogen) atoms. The van der Waals surface area contributed by atoms with Gasteiger partial charge in [-0.3, -0.25) is 4.99 Å². The highest BCUT2D eigenvalue weighted by Gasteiger charge is 2.44. The van der Waals surface area contributed by atoms with Gasteiger partial charge in [0.05, 0.1) is 0 Å². The molecule has 3 rings (SSSR count). The predicted octanol–water partition coefficient (Wildman–Crippen LogP) is 7.25. The van der Waals surface area contributed by atoms with Crippen LogP contribution in [0.1, 0.15) is 58.9 Å². The zero-order chi connectivity index (χ0) is 25.6. The molecule has 1 aliphatic rings. The molecule has 0 aliphatic heterocycles. The Labute approximate surface area is 210 Å². The zero-order valence-corrected chi connectivity index (χ0v) is 21.6. The number of rotatable bonds is 10. The van der Waals surface area contributed by atoms with Crippen molar-refractivity contribution in [1.29, 1.82) is 0 Å². The van der Waals surface area contributed by atoms with Crippen molar-refractivity contribution >= 4 is 11.4 Å². The van der Waals surface area contributed by atoms with Gasteiger partial charge >= 0.3 is 0 Å². The normalized spacial score (nSPS) is 22.9. The molecule has 0 bridgehead atoms. The number of benzene rings is 2. The topological polar surface area (TPSA) is 73.6 Å². The van der Waals surface area contributed by atoms with Crippen LogP contribution in [-0.2, 0) is 6.42 Å². The van der Waals surface area contributed by atoms with E-state index in [1.807, 2.05) is 38.1 Å². The number of allylic oxidation sites excluding steroid dienone is 2. The molecular formula is C30H40FN3O. The monoisotopic (exact) mass is 477 g/mol. The number of ether oxygens (including phenoxy) is 1. The first-order chi connectivity index (χ1) is 16.7. The molecule has 2 aromatic carbocycles. The first-order valence-corrected chi connectivity index (χ1v) is 12.7. The molecule has 0 saturated heterocycles. The van der Waals surface area contributed by atoms with Gasteiger partial charge in [-0.25, -0.2) is 4.39 Å². The number of hydrogen-bond donors (Lipinski definition) is 2. The van der Waals surface area contributed by atoms with Gasteiger partial charge in [0.2, 0.25) is 0 Å². The van der Waals surface area contributed by atoms with Crippen LogP contribution in [0.5, 0.6) is 5.75 Å². The number of nitrogens with two attached hydrogens (primary N) is 2. The van der Waals surface area contributed by atoms with E-state index < -0.39 is 5.67 Å². The molecule has 1 saturated carbocycles. The second-order valence-corrected chi connectivity index (χ2v) is 9.83. The quantitative estimate of drug-likeness (QED) is 0.164. The summed E-state index contributed by atoms with van der Waals surface area (Å²) in [6.07, 6.45) is 5.10. The fourth-order valence-electron chi connectivity index (χ4n) is 4.82. The van der Waals surface area contributed by atoms with Crippen LogP contribution in [-0.4, -0.2) is 17.9 Å². The molecule has 4 N–H and O–H groups in total. The average Bonchev–Trinajstić information content (AvgIpc) is 3.14. The lowest BCUT2D eigenvalue weighted by Crippen LogP contribution is -2.17. The highest BCUT2D eigenvalue weighted by atomic mass is 19.1. The van der Waals surface area contributed by atoms with E-state index in [0.29, 0.717) is 43.0 Å². The van der Waals surface area contributed by atoms with Gasteiger partial charge < -0.3 is 16.2 Å². The van der Waals surface area contributed by atoms with Crippen LogP contribution < -0.4 is 16.2 Å². The first kappa shape index (κ1) is 26.7. The summed E-state index contributed by atoms with van der Waals surface area (Å²) in [5, 5.41) is 0. The number of hydrogen-bond acceptors (Lipinski definition) is 4. The SMILES string of the molecule is C=C(/C=C(\N=C(\C)CC)C1CC(F)(CC)CC1C)Oc1cc(N)ccc1-c1ccc(CCN)cc1.